The molecular formula is C14H21NO3S2. The zero-order valence-corrected chi connectivity index (χ0v) is 13.7. The lowest BCUT2D eigenvalue weighted by molar-refractivity contribution is -0.128. The van der Waals surface area contributed by atoms with E-state index in [0.717, 1.165) is 4.90 Å². The summed E-state index contributed by atoms with van der Waals surface area (Å²) >= 11 is 1.46. The van der Waals surface area contributed by atoms with Crippen LogP contribution in [-0.2, 0) is 14.6 Å². The van der Waals surface area contributed by atoms with Crippen LogP contribution < -0.4 is 0 Å². The van der Waals surface area contributed by atoms with Gasteiger partial charge in [-0.15, -0.1) is 11.8 Å². The molecule has 0 N–H and O–H groups in total. The second-order valence-electron chi connectivity index (χ2n) is 4.65. The van der Waals surface area contributed by atoms with Crippen LogP contribution in [0.25, 0.3) is 0 Å². The summed E-state index contributed by atoms with van der Waals surface area (Å²) in [6.45, 7) is 3.38. The SMILES string of the molecule is CCS(=O)(=O)C[C@H](C)N(C)C(=O)CSc1ccccc1. The summed E-state index contributed by atoms with van der Waals surface area (Å²) in [5.74, 6) is 0.384. The minimum absolute atomic E-state index is 0.0156. The smallest absolute Gasteiger partial charge is 0.232 e. The molecule has 6 heteroatoms. The van der Waals surface area contributed by atoms with Crippen LogP contribution in [0, 0.1) is 0 Å². The Morgan fingerprint density at radius 3 is 2.45 bits per heavy atom. The zero-order chi connectivity index (χ0) is 15.2. The molecular weight excluding hydrogens is 294 g/mol. The number of sulfone groups is 1. The van der Waals surface area contributed by atoms with E-state index in [1.807, 2.05) is 30.3 Å². The van der Waals surface area contributed by atoms with Crippen LogP contribution in [-0.4, -0.2) is 49.6 Å². The molecule has 112 valence electrons. The van der Waals surface area contributed by atoms with Crippen LogP contribution >= 0.6 is 11.8 Å². The predicted octanol–water partition coefficient (Wildman–Crippen LogP) is 2.06. The lowest BCUT2D eigenvalue weighted by atomic mass is 10.3. The van der Waals surface area contributed by atoms with Crippen molar-refractivity contribution in [3.8, 4) is 0 Å². The molecule has 0 aliphatic rings. The van der Waals surface area contributed by atoms with E-state index in [4.69, 9.17) is 0 Å². The number of benzene rings is 1. The van der Waals surface area contributed by atoms with E-state index in [2.05, 4.69) is 0 Å². The van der Waals surface area contributed by atoms with Gasteiger partial charge in [0.25, 0.3) is 0 Å². The van der Waals surface area contributed by atoms with E-state index in [1.54, 1.807) is 20.9 Å². The molecule has 0 radical (unpaired) electrons. The van der Waals surface area contributed by atoms with Gasteiger partial charge in [0.15, 0.2) is 9.84 Å². The van der Waals surface area contributed by atoms with E-state index >= 15 is 0 Å². The molecule has 20 heavy (non-hydrogen) atoms. The molecule has 1 aromatic carbocycles. The molecule has 0 unspecified atom stereocenters. The molecule has 4 nitrogen and oxygen atoms in total. The topological polar surface area (TPSA) is 54.5 Å². The second-order valence-corrected chi connectivity index (χ2v) is 8.10. The number of nitrogens with zero attached hydrogens (tertiary/aromatic N) is 1. The fourth-order valence-electron chi connectivity index (χ4n) is 1.61. The average molecular weight is 315 g/mol. The van der Waals surface area contributed by atoms with Gasteiger partial charge >= 0.3 is 0 Å². The van der Waals surface area contributed by atoms with Crippen molar-refractivity contribution in [3.05, 3.63) is 30.3 Å². The van der Waals surface area contributed by atoms with Crippen molar-refractivity contribution in [2.45, 2.75) is 24.8 Å². The summed E-state index contributed by atoms with van der Waals surface area (Å²) in [6.07, 6.45) is 0. The number of carbonyl (C=O) groups excluding carboxylic acids is 1. The lowest BCUT2D eigenvalue weighted by Crippen LogP contribution is -2.40. The van der Waals surface area contributed by atoms with E-state index in [0.29, 0.717) is 5.75 Å². The standard InChI is InChI=1S/C14H21NO3S2/c1-4-20(17,18)11-12(2)15(3)14(16)10-19-13-8-6-5-7-9-13/h5-9,12H,4,10-11H2,1-3H3/t12-/m0/s1. The van der Waals surface area contributed by atoms with Crippen molar-refractivity contribution in [2.24, 2.45) is 0 Å². The number of thioether (sulfide) groups is 1. The first-order chi connectivity index (χ1) is 9.35. The third-order valence-electron chi connectivity index (χ3n) is 3.10. The normalized spacial score (nSPS) is 12.9. The molecule has 1 atom stereocenters. The average Bonchev–Trinajstić information content (AvgIpc) is 2.44. The number of hydrogen-bond donors (Lipinski definition) is 0. The highest BCUT2D eigenvalue weighted by molar-refractivity contribution is 8.00. The van der Waals surface area contributed by atoms with Crippen molar-refractivity contribution >= 4 is 27.5 Å². The fourth-order valence-corrected chi connectivity index (χ4v) is 3.64. The highest BCUT2D eigenvalue weighted by Gasteiger charge is 2.21. The van der Waals surface area contributed by atoms with Gasteiger partial charge in [-0.1, -0.05) is 25.1 Å². The number of carbonyl (C=O) groups is 1. The molecule has 0 aromatic heterocycles. The Hall–Kier alpha value is -1.01. The van der Waals surface area contributed by atoms with Gasteiger partial charge in [-0.05, 0) is 19.1 Å². The molecule has 0 spiro atoms. The van der Waals surface area contributed by atoms with Gasteiger partial charge in [-0.25, -0.2) is 8.42 Å². The Labute approximate surface area is 125 Å². The van der Waals surface area contributed by atoms with Crippen LogP contribution in [0.2, 0.25) is 0 Å². The van der Waals surface area contributed by atoms with Gasteiger partial charge < -0.3 is 4.90 Å². The Balaban J connectivity index is 2.50. The summed E-state index contributed by atoms with van der Waals surface area (Å²) in [6, 6.07) is 9.37. The highest BCUT2D eigenvalue weighted by atomic mass is 32.2. The first-order valence-corrected chi connectivity index (χ1v) is 9.30. The monoisotopic (exact) mass is 315 g/mol. The van der Waals surface area contributed by atoms with Crippen LogP contribution in [0.15, 0.2) is 35.2 Å². The quantitative estimate of drug-likeness (QED) is 0.723. The molecule has 0 aliphatic carbocycles. The van der Waals surface area contributed by atoms with Gasteiger partial charge in [-0.3, -0.25) is 4.79 Å². The van der Waals surface area contributed by atoms with E-state index < -0.39 is 9.84 Å². The van der Waals surface area contributed by atoms with Crippen LogP contribution in [0.3, 0.4) is 0 Å². The molecule has 0 aliphatic heterocycles. The van der Waals surface area contributed by atoms with Crippen molar-refractivity contribution in [1.82, 2.24) is 4.90 Å². The predicted molar refractivity (Wildman–Crippen MR) is 83.7 cm³/mol. The first-order valence-electron chi connectivity index (χ1n) is 6.49. The highest BCUT2D eigenvalue weighted by Crippen LogP contribution is 2.17. The van der Waals surface area contributed by atoms with Gasteiger partial charge in [0.05, 0.1) is 11.5 Å². The third-order valence-corrected chi connectivity index (χ3v) is 5.96. The Morgan fingerprint density at radius 1 is 1.30 bits per heavy atom. The lowest BCUT2D eigenvalue weighted by Gasteiger charge is -2.24. The first kappa shape index (κ1) is 17.0. The molecule has 0 fully saturated rings. The Bertz CT molecular complexity index is 529. The summed E-state index contributed by atoms with van der Waals surface area (Å²) in [7, 11) is -1.41. The third kappa shape index (κ3) is 5.54. The maximum absolute atomic E-state index is 12.0. The molecule has 0 saturated heterocycles. The summed E-state index contributed by atoms with van der Waals surface area (Å²) in [5, 5.41) is 0. The minimum Gasteiger partial charge on any atom is -0.341 e. The molecule has 1 amide bonds. The van der Waals surface area contributed by atoms with Gasteiger partial charge in [0.2, 0.25) is 5.91 Å². The molecule has 1 aromatic rings. The molecule has 0 bridgehead atoms. The van der Waals surface area contributed by atoms with Gasteiger partial charge in [0.1, 0.15) is 0 Å². The van der Waals surface area contributed by atoms with Crippen LogP contribution in [0.4, 0.5) is 0 Å². The van der Waals surface area contributed by atoms with Gasteiger partial charge in [-0.2, -0.15) is 0 Å². The Kier molecular flexibility index (Phi) is 6.55. The largest absolute Gasteiger partial charge is 0.341 e. The Morgan fingerprint density at radius 2 is 1.90 bits per heavy atom. The maximum Gasteiger partial charge on any atom is 0.232 e. The number of hydrogen-bond acceptors (Lipinski definition) is 4. The van der Waals surface area contributed by atoms with E-state index in [1.165, 1.54) is 16.7 Å². The molecule has 0 saturated carbocycles. The van der Waals surface area contributed by atoms with Crippen LogP contribution in [0.1, 0.15) is 13.8 Å². The second kappa shape index (κ2) is 7.69. The van der Waals surface area contributed by atoms with E-state index in [-0.39, 0.29) is 23.5 Å². The van der Waals surface area contributed by atoms with Crippen LogP contribution in [0.5, 0.6) is 0 Å². The maximum atomic E-state index is 12.0. The number of amides is 1. The summed E-state index contributed by atoms with van der Waals surface area (Å²) in [4.78, 5) is 14.6. The van der Waals surface area contributed by atoms with Crippen molar-refractivity contribution < 1.29 is 13.2 Å². The van der Waals surface area contributed by atoms with Gasteiger partial charge in [0, 0.05) is 23.7 Å². The van der Waals surface area contributed by atoms with Crippen molar-refractivity contribution in [1.29, 1.82) is 0 Å². The van der Waals surface area contributed by atoms with E-state index in [9.17, 15) is 13.2 Å². The zero-order valence-electron chi connectivity index (χ0n) is 12.1. The molecule has 0 heterocycles. The van der Waals surface area contributed by atoms with Crippen molar-refractivity contribution in [2.75, 3.05) is 24.3 Å². The summed E-state index contributed by atoms with van der Waals surface area (Å²) < 4.78 is 23.1. The summed E-state index contributed by atoms with van der Waals surface area (Å²) in [5.41, 5.74) is 0. The minimum atomic E-state index is -3.07. The van der Waals surface area contributed by atoms with Crippen molar-refractivity contribution in [3.63, 3.8) is 0 Å². The fraction of sp³-hybridized carbons (Fsp3) is 0.500. The number of rotatable bonds is 7. The molecule has 1 rings (SSSR count).